The Morgan fingerprint density at radius 3 is 2.43 bits per heavy atom. The monoisotopic (exact) mass is 221 g/mol. The van der Waals surface area contributed by atoms with Gasteiger partial charge in [-0.1, -0.05) is 0 Å². The molecule has 0 spiro atoms. The van der Waals surface area contributed by atoms with Crippen LogP contribution in [0.3, 0.4) is 0 Å². The van der Waals surface area contributed by atoms with Crippen molar-refractivity contribution in [2.45, 2.75) is 12.8 Å². The molecule has 0 fully saturated rings. The molecular weight excluding hydrogens is 213 g/mol. The number of nitrogens with zero attached hydrogens (tertiary/aromatic N) is 1. The minimum Gasteiger partial charge on any atom is -0.409 e. The summed E-state index contributed by atoms with van der Waals surface area (Å²) in [5.74, 6) is 0.0592. The van der Waals surface area contributed by atoms with E-state index in [1.807, 2.05) is 0 Å². The highest BCUT2D eigenvalue weighted by Gasteiger charge is 2.22. The first-order chi connectivity index (χ1) is 6.38. The van der Waals surface area contributed by atoms with Gasteiger partial charge in [0.25, 0.3) is 0 Å². The Labute approximate surface area is 79.1 Å². The Balaban J connectivity index is 2.70. The van der Waals surface area contributed by atoms with Gasteiger partial charge >= 0.3 is 7.82 Å². The SMILES string of the molecule is O=[N+]([O-])C1=CC=C(OP(=O)(O)O)CC1. The summed E-state index contributed by atoms with van der Waals surface area (Å²) in [6, 6.07) is 0. The molecule has 0 heterocycles. The third-order valence-corrected chi connectivity index (χ3v) is 2.03. The van der Waals surface area contributed by atoms with Gasteiger partial charge in [0.2, 0.25) is 5.70 Å². The van der Waals surface area contributed by atoms with E-state index in [1.54, 1.807) is 0 Å². The molecule has 14 heavy (non-hydrogen) atoms. The van der Waals surface area contributed by atoms with Crippen LogP contribution in [0.5, 0.6) is 0 Å². The highest BCUT2D eigenvalue weighted by molar-refractivity contribution is 7.46. The van der Waals surface area contributed by atoms with Gasteiger partial charge in [0.1, 0.15) is 5.76 Å². The summed E-state index contributed by atoms with van der Waals surface area (Å²) in [4.78, 5) is 26.6. The molecule has 0 aliphatic heterocycles. The van der Waals surface area contributed by atoms with Crippen LogP contribution in [0.1, 0.15) is 12.8 Å². The second-order valence-electron chi connectivity index (χ2n) is 2.63. The fraction of sp³-hybridized carbons (Fsp3) is 0.333. The molecule has 0 radical (unpaired) electrons. The molecule has 0 aromatic rings. The third-order valence-electron chi connectivity index (χ3n) is 1.56. The van der Waals surface area contributed by atoms with E-state index in [1.165, 1.54) is 12.2 Å². The zero-order valence-corrected chi connectivity index (χ0v) is 7.89. The van der Waals surface area contributed by atoms with E-state index < -0.39 is 12.7 Å². The van der Waals surface area contributed by atoms with E-state index in [4.69, 9.17) is 9.79 Å². The van der Waals surface area contributed by atoms with Gasteiger partial charge in [0.15, 0.2) is 0 Å². The van der Waals surface area contributed by atoms with Gasteiger partial charge in [0, 0.05) is 18.9 Å². The van der Waals surface area contributed by atoms with Crippen molar-refractivity contribution in [3.8, 4) is 0 Å². The van der Waals surface area contributed by atoms with E-state index in [-0.39, 0.29) is 24.3 Å². The van der Waals surface area contributed by atoms with E-state index in [0.29, 0.717) is 0 Å². The lowest BCUT2D eigenvalue weighted by atomic mass is 10.1. The number of phosphoric acid groups is 1. The molecular formula is C6H8NO6P. The quantitative estimate of drug-likeness (QED) is 0.416. The zero-order chi connectivity index (χ0) is 10.8. The van der Waals surface area contributed by atoms with E-state index >= 15 is 0 Å². The van der Waals surface area contributed by atoms with Crippen molar-refractivity contribution in [2.75, 3.05) is 0 Å². The lowest BCUT2D eigenvalue weighted by Gasteiger charge is -2.11. The molecule has 0 aromatic carbocycles. The Bertz CT molecular complexity index is 353. The smallest absolute Gasteiger partial charge is 0.409 e. The van der Waals surface area contributed by atoms with E-state index in [0.717, 1.165) is 0 Å². The van der Waals surface area contributed by atoms with Crippen molar-refractivity contribution in [1.29, 1.82) is 0 Å². The van der Waals surface area contributed by atoms with Crippen molar-refractivity contribution in [3.05, 3.63) is 33.7 Å². The van der Waals surface area contributed by atoms with E-state index in [9.17, 15) is 14.7 Å². The lowest BCUT2D eigenvalue weighted by molar-refractivity contribution is -0.428. The number of nitro groups is 1. The van der Waals surface area contributed by atoms with Crippen molar-refractivity contribution >= 4 is 7.82 Å². The molecule has 7 nitrogen and oxygen atoms in total. The van der Waals surface area contributed by atoms with Crippen LogP contribution >= 0.6 is 7.82 Å². The summed E-state index contributed by atoms with van der Waals surface area (Å²) in [5.41, 5.74) is 0.00284. The van der Waals surface area contributed by atoms with Crippen LogP contribution in [0.25, 0.3) is 0 Å². The molecule has 0 atom stereocenters. The Hall–Kier alpha value is -1.17. The maximum absolute atomic E-state index is 10.4. The van der Waals surface area contributed by atoms with Gasteiger partial charge in [0.05, 0.1) is 4.92 Å². The second-order valence-corrected chi connectivity index (χ2v) is 3.79. The maximum Gasteiger partial charge on any atom is 0.524 e. The molecule has 1 rings (SSSR count). The molecule has 0 bridgehead atoms. The summed E-state index contributed by atoms with van der Waals surface area (Å²) in [7, 11) is -4.55. The molecule has 78 valence electrons. The molecule has 0 amide bonds. The summed E-state index contributed by atoms with van der Waals surface area (Å²) in [6.45, 7) is 0. The van der Waals surface area contributed by atoms with Crippen LogP contribution in [0.15, 0.2) is 23.6 Å². The van der Waals surface area contributed by atoms with Crippen molar-refractivity contribution in [3.63, 3.8) is 0 Å². The van der Waals surface area contributed by atoms with Crippen molar-refractivity contribution in [2.24, 2.45) is 0 Å². The standard InChI is InChI=1S/C6H8NO6P/c8-7(9)5-1-3-6(4-2-5)13-14(10,11)12/h1,3H,2,4H2,(H2,10,11,12). The van der Waals surface area contributed by atoms with Crippen LogP contribution in [0.4, 0.5) is 0 Å². The molecule has 8 heteroatoms. The predicted octanol–water partition coefficient (Wildman–Crippen LogP) is 0.934. The minimum atomic E-state index is -4.55. The maximum atomic E-state index is 10.4. The first-order valence-electron chi connectivity index (χ1n) is 3.68. The van der Waals surface area contributed by atoms with Crippen LogP contribution in [-0.2, 0) is 9.09 Å². The Morgan fingerprint density at radius 2 is 2.07 bits per heavy atom. The van der Waals surface area contributed by atoms with Gasteiger partial charge in [-0.3, -0.25) is 19.9 Å². The number of rotatable bonds is 3. The van der Waals surface area contributed by atoms with Gasteiger partial charge in [-0.25, -0.2) is 4.57 Å². The van der Waals surface area contributed by atoms with Gasteiger partial charge in [-0.05, 0) is 6.08 Å². The van der Waals surface area contributed by atoms with Crippen molar-refractivity contribution in [1.82, 2.24) is 0 Å². The summed E-state index contributed by atoms with van der Waals surface area (Å²) in [6.07, 6.45) is 2.60. The summed E-state index contributed by atoms with van der Waals surface area (Å²) >= 11 is 0. The zero-order valence-electron chi connectivity index (χ0n) is 6.99. The number of hydrogen-bond acceptors (Lipinski definition) is 4. The average molecular weight is 221 g/mol. The molecule has 0 unspecified atom stereocenters. The fourth-order valence-electron chi connectivity index (χ4n) is 0.988. The molecule has 0 saturated heterocycles. The van der Waals surface area contributed by atoms with Crippen LogP contribution in [0, 0.1) is 10.1 Å². The summed E-state index contributed by atoms with van der Waals surface area (Å²) in [5, 5.41) is 10.3. The molecule has 1 aliphatic carbocycles. The Kier molecular flexibility index (Phi) is 3.05. The normalized spacial score (nSPS) is 17.0. The first kappa shape index (κ1) is 10.9. The molecule has 2 N–H and O–H groups in total. The minimum absolute atomic E-state index is 0.00284. The molecule has 0 saturated carbocycles. The van der Waals surface area contributed by atoms with Crippen LogP contribution < -0.4 is 0 Å². The third kappa shape index (κ3) is 3.29. The fourth-order valence-corrected chi connectivity index (χ4v) is 1.45. The van der Waals surface area contributed by atoms with Gasteiger partial charge in [-0.15, -0.1) is 0 Å². The molecule has 1 aliphatic rings. The predicted molar refractivity (Wildman–Crippen MR) is 45.5 cm³/mol. The number of phosphoric ester groups is 1. The van der Waals surface area contributed by atoms with Crippen molar-refractivity contribution < 1.29 is 23.8 Å². The topological polar surface area (TPSA) is 110 Å². The van der Waals surface area contributed by atoms with E-state index in [2.05, 4.69) is 4.52 Å². The molecule has 0 aromatic heterocycles. The average Bonchev–Trinajstić information content (AvgIpc) is 2.02. The summed E-state index contributed by atoms with van der Waals surface area (Å²) < 4.78 is 14.7. The lowest BCUT2D eigenvalue weighted by Crippen LogP contribution is -2.03. The first-order valence-corrected chi connectivity index (χ1v) is 5.21. The highest BCUT2D eigenvalue weighted by Crippen LogP contribution is 2.40. The number of allylic oxidation sites excluding steroid dienone is 4. The second kappa shape index (κ2) is 3.91. The van der Waals surface area contributed by atoms with Gasteiger partial charge < -0.3 is 4.52 Å². The highest BCUT2D eigenvalue weighted by atomic mass is 31.2. The van der Waals surface area contributed by atoms with Gasteiger partial charge in [-0.2, -0.15) is 0 Å². The largest absolute Gasteiger partial charge is 0.524 e. The van der Waals surface area contributed by atoms with Crippen LogP contribution in [0.2, 0.25) is 0 Å². The Morgan fingerprint density at radius 1 is 1.43 bits per heavy atom. The van der Waals surface area contributed by atoms with Crippen LogP contribution in [-0.4, -0.2) is 14.7 Å². The number of hydrogen-bond donors (Lipinski definition) is 2.